The minimum atomic E-state index is -1.22. The zero-order valence-electron chi connectivity index (χ0n) is 22.8. The first-order chi connectivity index (χ1) is 20.8. The largest absolute Gasteiger partial charge is 0.507 e. The van der Waals surface area contributed by atoms with Gasteiger partial charge in [-0.1, -0.05) is 66.8 Å². The highest BCUT2D eigenvalue weighted by Crippen LogP contribution is 2.44. The SMILES string of the molecule is CCCCOc1ccc(/C(O)=C2\C(=O)C(=O)N(c3nnc(SCc4ccccc4F)s3)C2c2cccc([N+](=O)[O-])c2)cc1. The molecule has 220 valence electrons. The number of aliphatic hydroxyl groups excluding tert-OH is 1. The van der Waals surface area contributed by atoms with Crippen LogP contribution in [-0.4, -0.2) is 38.5 Å². The molecule has 10 nitrogen and oxygen atoms in total. The standard InChI is InChI=1S/C30H25FN4O6S2/c1-2-3-15-41-22-13-11-18(12-14-22)26(36)24-25(19-8-6-9-21(16-19)35(39)40)34(28(38)27(24)37)29-32-33-30(43-29)42-17-20-7-4-5-10-23(20)31/h4-14,16,25,36H,2-3,15,17H2,1H3/b26-24+. The molecule has 1 atom stereocenters. The van der Waals surface area contributed by atoms with Gasteiger partial charge in [0.15, 0.2) is 4.34 Å². The summed E-state index contributed by atoms with van der Waals surface area (Å²) in [6.07, 6.45) is 1.85. The van der Waals surface area contributed by atoms with Gasteiger partial charge in [-0.2, -0.15) is 0 Å². The molecular formula is C30H25FN4O6S2. The van der Waals surface area contributed by atoms with Crippen LogP contribution >= 0.6 is 23.1 Å². The fraction of sp³-hybridized carbons (Fsp3) is 0.200. The van der Waals surface area contributed by atoms with Crippen molar-refractivity contribution < 1.29 is 28.7 Å². The van der Waals surface area contributed by atoms with E-state index in [1.54, 1.807) is 42.5 Å². The summed E-state index contributed by atoms with van der Waals surface area (Å²) in [6.45, 7) is 2.58. The Kier molecular flexibility index (Phi) is 9.12. The van der Waals surface area contributed by atoms with E-state index in [1.807, 2.05) is 6.92 Å². The van der Waals surface area contributed by atoms with Crippen molar-refractivity contribution in [1.29, 1.82) is 0 Å². The van der Waals surface area contributed by atoms with Gasteiger partial charge in [-0.15, -0.1) is 10.2 Å². The highest BCUT2D eigenvalue weighted by atomic mass is 32.2. The van der Waals surface area contributed by atoms with Gasteiger partial charge in [-0.3, -0.25) is 24.6 Å². The van der Waals surface area contributed by atoms with Gasteiger partial charge >= 0.3 is 5.91 Å². The van der Waals surface area contributed by atoms with Crippen molar-refractivity contribution in [3.63, 3.8) is 0 Å². The first-order valence-corrected chi connectivity index (χ1v) is 15.1. The molecule has 0 saturated carbocycles. The monoisotopic (exact) mass is 620 g/mol. The number of non-ortho nitro benzene ring substituents is 1. The molecule has 1 saturated heterocycles. The molecule has 1 unspecified atom stereocenters. The number of unbranched alkanes of at least 4 members (excludes halogenated alkanes) is 1. The van der Waals surface area contributed by atoms with Crippen molar-refractivity contribution in [2.45, 2.75) is 35.9 Å². The van der Waals surface area contributed by atoms with Crippen LogP contribution in [0.15, 0.2) is 82.7 Å². The summed E-state index contributed by atoms with van der Waals surface area (Å²) < 4.78 is 20.2. The number of nitro benzene ring substituents is 1. The quantitative estimate of drug-likeness (QED) is 0.0284. The van der Waals surface area contributed by atoms with Gasteiger partial charge in [0.05, 0.1) is 23.1 Å². The van der Waals surface area contributed by atoms with E-state index in [-0.39, 0.29) is 39.1 Å². The number of nitro groups is 1. The minimum Gasteiger partial charge on any atom is -0.507 e. The lowest BCUT2D eigenvalue weighted by molar-refractivity contribution is -0.384. The molecule has 5 rings (SSSR count). The number of aromatic nitrogens is 2. The predicted octanol–water partition coefficient (Wildman–Crippen LogP) is 6.68. The molecule has 13 heteroatoms. The molecule has 1 aliphatic rings. The highest BCUT2D eigenvalue weighted by Gasteiger charge is 2.48. The number of aliphatic hydroxyl groups is 1. The smallest absolute Gasteiger partial charge is 0.301 e. The number of amides is 1. The number of carbonyl (C=O) groups excluding carboxylic acids is 2. The summed E-state index contributed by atoms with van der Waals surface area (Å²) >= 11 is 2.21. The number of halogens is 1. The molecule has 0 spiro atoms. The Labute approximate surface area is 254 Å². The lowest BCUT2D eigenvalue weighted by Gasteiger charge is -2.22. The molecule has 1 amide bonds. The van der Waals surface area contributed by atoms with Crippen LogP contribution < -0.4 is 9.64 Å². The van der Waals surface area contributed by atoms with Crippen LogP contribution in [0.5, 0.6) is 5.75 Å². The van der Waals surface area contributed by atoms with Crippen molar-refractivity contribution >= 4 is 51.4 Å². The Morgan fingerprint density at radius 3 is 2.60 bits per heavy atom. The van der Waals surface area contributed by atoms with E-state index in [0.717, 1.165) is 29.1 Å². The molecule has 3 aromatic carbocycles. The summed E-state index contributed by atoms with van der Waals surface area (Å²) in [5.74, 6) is -1.93. The number of hydrogen-bond acceptors (Lipinski definition) is 10. The van der Waals surface area contributed by atoms with E-state index < -0.39 is 28.4 Å². The zero-order chi connectivity index (χ0) is 30.5. The molecule has 1 aliphatic heterocycles. The van der Waals surface area contributed by atoms with E-state index in [4.69, 9.17) is 4.74 Å². The van der Waals surface area contributed by atoms with Crippen LogP contribution in [0.25, 0.3) is 5.76 Å². The second kappa shape index (κ2) is 13.1. The second-order valence-corrected chi connectivity index (χ2v) is 11.7. The number of benzene rings is 3. The van der Waals surface area contributed by atoms with Crippen LogP contribution in [0.3, 0.4) is 0 Å². The Morgan fingerprint density at radius 2 is 1.88 bits per heavy atom. The predicted molar refractivity (Wildman–Crippen MR) is 161 cm³/mol. The molecule has 4 aromatic rings. The molecule has 43 heavy (non-hydrogen) atoms. The van der Waals surface area contributed by atoms with Gasteiger partial charge in [0.1, 0.15) is 17.3 Å². The Hall–Kier alpha value is -4.62. The topological polar surface area (TPSA) is 136 Å². The number of ketones is 1. The van der Waals surface area contributed by atoms with Gasteiger partial charge in [0.2, 0.25) is 5.13 Å². The maximum atomic E-state index is 14.1. The maximum absolute atomic E-state index is 14.1. The van der Waals surface area contributed by atoms with Gasteiger partial charge in [0.25, 0.3) is 11.5 Å². The molecular weight excluding hydrogens is 595 g/mol. The van der Waals surface area contributed by atoms with E-state index >= 15 is 0 Å². The summed E-state index contributed by atoms with van der Waals surface area (Å²) in [7, 11) is 0. The number of carbonyl (C=O) groups is 2. The van der Waals surface area contributed by atoms with E-state index in [0.29, 0.717) is 22.3 Å². The number of rotatable bonds is 11. The summed E-state index contributed by atoms with van der Waals surface area (Å²) in [4.78, 5) is 39.0. The van der Waals surface area contributed by atoms with Crippen molar-refractivity contribution in [3.05, 3.63) is 111 Å². The van der Waals surface area contributed by atoms with Gasteiger partial charge in [0, 0.05) is 23.4 Å². The molecule has 0 radical (unpaired) electrons. The van der Waals surface area contributed by atoms with Crippen LogP contribution in [0.1, 0.15) is 42.5 Å². The third-order valence-corrected chi connectivity index (χ3v) is 8.75. The second-order valence-electron chi connectivity index (χ2n) is 9.48. The number of nitrogens with zero attached hydrogens (tertiary/aromatic N) is 4. The van der Waals surface area contributed by atoms with Crippen molar-refractivity contribution in [1.82, 2.24) is 10.2 Å². The molecule has 1 aromatic heterocycles. The fourth-order valence-electron chi connectivity index (χ4n) is 4.47. The maximum Gasteiger partial charge on any atom is 0.301 e. The fourth-order valence-corrected chi connectivity index (χ4v) is 6.32. The number of Topliss-reactive ketones (excluding diaryl/α,β-unsaturated/α-hetero) is 1. The first-order valence-electron chi connectivity index (χ1n) is 13.3. The highest BCUT2D eigenvalue weighted by molar-refractivity contribution is 8.00. The van der Waals surface area contributed by atoms with Crippen molar-refractivity contribution in [2.24, 2.45) is 0 Å². The normalized spacial score (nSPS) is 16.0. The summed E-state index contributed by atoms with van der Waals surface area (Å²) in [5.41, 5.74) is 0.443. The average molecular weight is 621 g/mol. The third kappa shape index (κ3) is 6.42. The minimum absolute atomic E-state index is 0.0494. The van der Waals surface area contributed by atoms with Crippen LogP contribution in [0, 0.1) is 15.9 Å². The van der Waals surface area contributed by atoms with Crippen molar-refractivity contribution in [2.75, 3.05) is 11.5 Å². The van der Waals surface area contributed by atoms with E-state index in [9.17, 15) is 29.2 Å². The number of thioether (sulfide) groups is 1. The number of anilines is 1. The van der Waals surface area contributed by atoms with Crippen LogP contribution in [0.4, 0.5) is 15.2 Å². The molecule has 0 bridgehead atoms. The zero-order valence-corrected chi connectivity index (χ0v) is 24.4. The molecule has 2 heterocycles. The third-order valence-electron chi connectivity index (χ3n) is 6.65. The Balaban J connectivity index is 1.53. The van der Waals surface area contributed by atoms with Gasteiger partial charge < -0.3 is 9.84 Å². The lowest BCUT2D eigenvalue weighted by atomic mass is 9.95. The molecule has 1 N–H and O–H groups in total. The summed E-state index contributed by atoms with van der Waals surface area (Å²) in [6, 6.07) is 17.0. The van der Waals surface area contributed by atoms with Crippen LogP contribution in [0.2, 0.25) is 0 Å². The van der Waals surface area contributed by atoms with Gasteiger partial charge in [-0.25, -0.2) is 4.39 Å². The number of ether oxygens (including phenoxy) is 1. The Bertz CT molecular complexity index is 1710. The van der Waals surface area contributed by atoms with Gasteiger partial charge in [-0.05, 0) is 47.9 Å². The molecule has 1 fully saturated rings. The summed E-state index contributed by atoms with van der Waals surface area (Å²) in [5, 5.41) is 31.2. The lowest BCUT2D eigenvalue weighted by Crippen LogP contribution is -2.29. The van der Waals surface area contributed by atoms with Crippen molar-refractivity contribution in [3.8, 4) is 5.75 Å². The average Bonchev–Trinajstić information content (AvgIpc) is 3.58. The number of hydrogen-bond donors (Lipinski definition) is 1. The van der Waals surface area contributed by atoms with E-state index in [1.165, 1.54) is 42.1 Å². The van der Waals surface area contributed by atoms with E-state index in [2.05, 4.69) is 10.2 Å². The first kappa shape index (κ1) is 29.9. The van der Waals surface area contributed by atoms with Crippen LogP contribution in [-0.2, 0) is 15.3 Å². The Morgan fingerprint density at radius 1 is 1.12 bits per heavy atom. The molecule has 0 aliphatic carbocycles.